The van der Waals surface area contributed by atoms with E-state index in [9.17, 15) is 0 Å². The maximum Gasteiger partial charge on any atom is 0.223 e. The van der Waals surface area contributed by atoms with Crippen LogP contribution in [-0.2, 0) is 0 Å². The minimum absolute atomic E-state index is 0.378. The molecule has 1 aromatic carbocycles. The van der Waals surface area contributed by atoms with Crippen LogP contribution in [0.5, 0.6) is 0 Å². The van der Waals surface area contributed by atoms with E-state index in [2.05, 4.69) is 56.9 Å². The predicted octanol–water partition coefficient (Wildman–Crippen LogP) is 4.31. The van der Waals surface area contributed by atoms with E-state index < -0.39 is 0 Å². The van der Waals surface area contributed by atoms with E-state index in [1.54, 1.807) is 0 Å². The number of nitrogens with one attached hydrogen (secondary N) is 1. The molecule has 0 saturated carbocycles. The van der Waals surface area contributed by atoms with Crippen molar-refractivity contribution in [2.24, 2.45) is 0 Å². The standard InChI is InChI=1S/C17H25BrN4/c1-4-22(5-2)10-6-7-13(3)20-17-19-12-14-11-15(18)8-9-16(14)21-17/h8-9,11-13H,4-7,10H2,1-3H3,(H,19,20,21)/t13-/m1/s1. The summed E-state index contributed by atoms with van der Waals surface area (Å²) in [5, 5.41) is 4.46. The summed E-state index contributed by atoms with van der Waals surface area (Å²) in [5.41, 5.74) is 0.969. The largest absolute Gasteiger partial charge is 0.352 e. The lowest BCUT2D eigenvalue weighted by Crippen LogP contribution is -2.25. The van der Waals surface area contributed by atoms with Crippen molar-refractivity contribution in [3.63, 3.8) is 0 Å². The van der Waals surface area contributed by atoms with Crippen LogP contribution in [0.25, 0.3) is 10.9 Å². The quantitative estimate of drug-likeness (QED) is 0.757. The molecule has 0 amide bonds. The summed E-state index contributed by atoms with van der Waals surface area (Å²) >= 11 is 3.47. The Bertz CT molecular complexity index is 598. The first-order valence-electron chi connectivity index (χ1n) is 8.03. The second-order valence-corrected chi connectivity index (χ2v) is 6.53. The van der Waals surface area contributed by atoms with Crippen molar-refractivity contribution >= 4 is 32.8 Å². The van der Waals surface area contributed by atoms with Gasteiger partial charge in [0.2, 0.25) is 5.95 Å². The monoisotopic (exact) mass is 364 g/mol. The van der Waals surface area contributed by atoms with Crippen molar-refractivity contribution in [1.29, 1.82) is 0 Å². The number of hydrogen-bond donors (Lipinski definition) is 1. The lowest BCUT2D eigenvalue weighted by Gasteiger charge is -2.19. The van der Waals surface area contributed by atoms with Crippen molar-refractivity contribution in [3.8, 4) is 0 Å². The van der Waals surface area contributed by atoms with Crippen molar-refractivity contribution in [3.05, 3.63) is 28.9 Å². The summed E-state index contributed by atoms with van der Waals surface area (Å²) in [7, 11) is 0. The fourth-order valence-corrected chi connectivity index (χ4v) is 2.91. The third kappa shape index (κ3) is 4.92. The van der Waals surface area contributed by atoms with Gasteiger partial charge in [-0.05, 0) is 57.6 Å². The second-order valence-electron chi connectivity index (χ2n) is 5.61. The first-order chi connectivity index (χ1) is 10.6. The Morgan fingerprint density at radius 1 is 1.27 bits per heavy atom. The molecule has 2 rings (SSSR count). The van der Waals surface area contributed by atoms with E-state index in [0.717, 1.165) is 41.4 Å². The van der Waals surface area contributed by atoms with Gasteiger partial charge in [-0.1, -0.05) is 29.8 Å². The molecule has 4 nitrogen and oxygen atoms in total. The average Bonchev–Trinajstić information content (AvgIpc) is 2.52. The van der Waals surface area contributed by atoms with Gasteiger partial charge in [0, 0.05) is 22.1 Å². The lowest BCUT2D eigenvalue weighted by molar-refractivity contribution is 0.295. The van der Waals surface area contributed by atoms with Gasteiger partial charge in [-0.3, -0.25) is 0 Å². The number of anilines is 1. The first kappa shape index (κ1) is 17.2. The number of benzene rings is 1. The summed E-state index contributed by atoms with van der Waals surface area (Å²) in [4.78, 5) is 11.4. The summed E-state index contributed by atoms with van der Waals surface area (Å²) in [6.45, 7) is 10.0. The topological polar surface area (TPSA) is 41.0 Å². The molecule has 2 aromatic rings. The molecule has 0 aliphatic carbocycles. The molecule has 1 atom stereocenters. The van der Waals surface area contributed by atoms with Gasteiger partial charge < -0.3 is 10.2 Å². The highest BCUT2D eigenvalue weighted by atomic mass is 79.9. The molecule has 1 heterocycles. The number of rotatable bonds is 8. The fraction of sp³-hybridized carbons (Fsp3) is 0.529. The summed E-state index contributed by atoms with van der Waals surface area (Å²) in [5.74, 6) is 0.713. The molecule has 0 bridgehead atoms. The third-order valence-corrected chi connectivity index (χ3v) is 4.42. The Morgan fingerprint density at radius 2 is 2.05 bits per heavy atom. The fourth-order valence-electron chi connectivity index (χ4n) is 2.53. The zero-order valence-corrected chi connectivity index (χ0v) is 15.2. The molecule has 120 valence electrons. The highest BCUT2D eigenvalue weighted by Gasteiger charge is 2.07. The highest BCUT2D eigenvalue weighted by Crippen LogP contribution is 2.19. The van der Waals surface area contributed by atoms with Crippen molar-refractivity contribution in [2.45, 2.75) is 39.7 Å². The average molecular weight is 365 g/mol. The third-order valence-electron chi connectivity index (χ3n) is 3.92. The van der Waals surface area contributed by atoms with Crippen LogP contribution in [0.3, 0.4) is 0 Å². The molecule has 0 spiro atoms. The minimum atomic E-state index is 0.378. The van der Waals surface area contributed by atoms with E-state index in [-0.39, 0.29) is 0 Å². The summed E-state index contributed by atoms with van der Waals surface area (Å²) in [6, 6.07) is 6.43. The first-order valence-corrected chi connectivity index (χ1v) is 8.82. The maximum absolute atomic E-state index is 4.58. The van der Waals surface area contributed by atoms with Crippen LogP contribution in [0.15, 0.2) is 28.9 Å². The van der Waals surface area contributed by atoms with Crippen LogP contribution in [0.1, 0.15) is 33.6 Å². The normalized spacial score (nSPS) is 12.8. The van der Waals surface area contributed by atoms with Crippen LogP contribution in [0, 0.1) is 0 Å². The van der Waals surface area contributed by atoms with E-state index in [0.29, 0.717) is 12.0 Å². The van der Waals surface area contributed by atoms with E-state index in [4.69, 9.17) is 0 Å². The number of aromatic nitrogens is 2. The molecular formula is C17H25BrN4. The van der Waals surface area contributed by atoms with Crippen LogP contribution in [0.2, 0.25) is 0 Å². The van der Waals surface area contributed by atoms with E-state index in [1.165, 1.54) is 6.42 Å². The molecule has 0 unspecified atom stereocenters. The SMILES string of the molecule is CCN(CC)CCC[C@@H](C)Nc1ncc2cc(Br)ccc2n1. The van der Waals surface area contributed by atoms with E-state index in [1.807, 2.05) is 24.4 Å². The number of fused-ring (bicyclic) bond motifs is 1. The molecule has 22 heavy (non-hydrogen) atoms. The summed E-state index contributed by atoms with van der Waals surface area (Å²) in [6.07, 6.45) is 4.19. The molecule has 5 heteroatoms. The zero-order chi connectivity index (χ0) is 15.9. The molecule has 0 aliphatic rings. The van der Waals surface area contributed by atoms with Crippen molar-refractivity contribution in [1.82, 2.24) is 14.9 Å². The molecule has 0 aliphatic heterocycles. The number of nitrogens with zero attached hydrogens (tertiary/aromatic N) is 3. The minimum Gasteiger partial charge on any atom is -0.352 e. The predicted molar refractivity (Wildman–Crippen MR) is 97.3 cm³/mol. The van der Waals surface area contributed by atoms with Crippen LogP contribution < -0.4 is 5.32 Å². The maximum atomic E-state index is 4.58. The van der Waals surface area contributed by atoms with Crippen LogP contribution in [-0.4, -0.2) is 40.5 Å². The van der Waals surface area contributed by atoms with Crippen LogP contribution in [0.4, 0.5) is 5.95 Å². The van der Waals surface area contributed by atoms with Gasteiger partial charge in [-0.2, -0.15) is 0 Å². The Hall–Kier alpha value is -1.20. The molecule has 1 aromatic heterocycles. The van der Waals surface area contributed by atoms with Crippen molar-refractivity contribution in [2.75, 3.05) is 25.0 Å². The zero-order valence-electron chi connectivity index (χ0n) is 13.6. The Labute approximate surface area is 141 Å². The molecule has 0 radical (unpaired) electrons. The van der Waals surface area contributed by atoms with Gasteiger partial charge in [-0.15, -0.1) is 0 Å². The molecular weight excluding hydrogens is 340 g/mol. The Balaban J connectivity index is 1.88. The number of halogens is 1. The van der Waals surface area contributed by atoms with Gasteiger partial charge in [-0.25, -0.2) is 9.97 Å². The Kier molecular flexibility index (Phi) is 6.58. The van der Waals surface area contributed by atoms with Crippen LogP contribution >= 0.6 is 15.9 Å². The molecule has 0 saturated heterocycles. The summed E-state index contributed by atoms with van der Waals surface area (Å²) < 4.78 is 1.05. The van der Waals surface area contributed by atoms with Gasteiger partial charge in [0.15, 0.2) is 0 Å². The lowest BCUT2D eigenvalue weighted by atomic mass is 10.2. The highest BCUT2D eigenvalue weighted by molar-refractivity contribution is 9.10. The van der Waals surface area contributed by atoms with Gasteiger partial charge in [0.1, 0.15) is 0 Å². The smallest absolute Gasteiger partial charge is 0.223 e. The second kappa shape index (κ2) is 8.44. The van der Waals surface area contributed by atoms with Gasteiger partial charge in [0.05, 0.1) is 5.52 Å². The van der Waals surface area contributed by atoms with E-state index >= 15 is 0 Å². The molecule has 1 N–H and O–H groups in total. The van der Waals surface area contributed by atoms with Crippen molar-refractivity contribution < 1.29 is 0 Å². The Morgan fingerprint density at radius 3 is 2.77 bits per heavy atom. The number of hydrogen-bond acceptors (Lipinski definition) is 4. The van der Waals surface area contributed by atoms with Gasteiger partial charge in [0.25, 0.3) is 0 Å². The van der Waals surface area contributed by atoms with Gasteiger partial charge >= 0.3 is 0 Å². The molecule has 0 fully saturated rings.